The Labute approximate surface area is 482 Å². The Kier molecular flexibility index (Phi) is 11.6. The molecule has 0 N–H and O–H groups in total. The van der Waals surface area contributed by atoms with Gasteiger partial charge in [0.25, 0.3) is 0 Å². The van der Waals surface area contributed by atoms with Gasteiger partial charge in [0.1, 0.15) is 22.7 Å². The van der Waals surface area contributed by atoms with Gasteiger partial charge in [0, 0.05) is 49.3 Å². The zero-order valence-corrected chi connectivity index (χ0v) is 46.5. The molecule has 1 aliphatic carbocycles. The Bertz CT molecular complexity index is 4940. The first-order valence-corrected chi connectivity index (χ1v) is 30.7. The fourth-order valence-corrected chi connectivity index (χ4v) is 18.2. The third-order valence-corrected chi connectivity index (χ3v) is 21.9. The number of allylic oxidation sites excluding steroid dienone is 4. The fourth-order valence-electron chi connectivity index (χ4n) is 13.4. The SMILES string of the molecule is C1=CC(c2ccccc2-c2ccc(Oc3ccc4oc5ccc(-c6cccc7c8cc(-n9c%10ccccc%10c%10cc([Si](c%11ccccc%11)(c%11ccccc%11)c%11ccccc%11)ccc%109)ccc8n(-c8ccccc8)c67)cc5c4c3)cc2)=CCC1. The van der Waals surface area contributed by atoms with E-state index in [-0.39, 0.29) is 0 Å². The summed E-state index contributed by atoms with van der Waals surface area (Å²) in [5, 5.41) is 12.3. The minimum absolute atomic E-state index is 0.753. The van der Waals surface area contributed by atoms with Gasteiger partial charge in [-0.3, -0.25) is 0 Å². The predicted molar refractivity (Wildman–Crippen MR) is 350 cm³/mol. The van der Waals surface area contributed by atoms with Crippen LogP contribution in [0.15, 0.2) is 308 Å². The van der Waals surface area contributed by atoms with Crippen LogP contribution in [-0.2, 0) is 0 Å². The molecular formula is C78H54N2O2Si. The van der Waals surface area contributed by atoms with Crippen LogP contribution in [0.4, 0.5) is 0 Å². The van der Waals surface area contributed by atoms with Crippen LogP contribution in [0.5, 0.6) is 11.5 Å². The second-order valence-corrected chi connectivity index (χ2v) is 25.6. The quantitative estimate of drug-likeness (QED) is 0.0955. The lowest BCUT2D eigenvalue weighted by atomic mass is 9.92. The molecule has 16 rings (SSSR count). The Morgan fingerprint density at radius 1 is 0.337 bits per heavy atom. The molecule has 392 valence electrons. The molecule has 3 heterocycles. The third kappa shape index (κ3) is 8.03. The number of furan rings is 1. The molecule has 3 aromatic heterocycles. The summed E-state index contributed by atoms with van der Waals surface area (Å²) >= 11 is 0. The summed E-state index contributed by atoms with van der Waals surface area (Å²) < 4.78 is 18.0. The number of hydrogen-bond donors (Lipinski definition) is 0. The van der Waals surface area contributed by atoms with Crippen molar-refractivity contribution < 1.29 is 9.15 Å². The largest absolute Gasteiger partial charge is 0.457 e. The normalized spacial score (nSPS) is 12.7. The van der Waals surface area contributed by atoms with Crippen molar-refractivity contribution in [1.29, 1.82) is 0 Å². The van der Waals surface area contributed by atoms with Crippen molar-refractivity contribution in [1.82, 2.24) is 9.13 Å². The van der Waals surface area contributed by atoms with Crippen molar-refractivity contribution in [2.45, 2.75) is 12.8 Å². The van der Waals surface area contributed by atoms with Crippen LogP contribution in [0.1, 0.15) is 18.4 Å². The molecule has 0 aliphatic heterocycles. The minimum atomic E-state index is -2.79. The molecule has 15 aromatic rings. The molecule has 0 unspecified atom stereocenters. The van der Waals surface area contributed by atoms with Gasteiger partial charge in [-0.25, -0.2) is 0 Å². The highest BCUT2D eigenvalue weighted by Crippen LogP contribution is 2.43. The topological polar surface area (TPSA) is 32.2 Å². The van der Waals surface area contributed by atoms with Crippen molar-refractivity contribution in [3.8, 4) is 45.1 Å². The molecule has 0 bridgehead atoms. The van der Waals surface area contributed by atoms with E-state index in [9.17, 15) is 0 Å². The monoisotopic (exact) mass is 1080 g/mol. The highest BCUT2D eigenvalue weighted by atomic mass is 28.3. The van der Waals surface area contributed by atoms with Crippen LogP contribution in [0.2, 0.25) is 0 Å². The first-order chi connectivity index (χ1) is 41.2. The van der Waals surface area contributed by atoms with Crippen LogP contribution < -0.4 is 25.5 Å². The Morgan fingerprint density at radius 3 is 1.63 bits per heavy atom. The van der Waals surface area contributed by atoms with Gasteiger partial charge in [0.15, 0.2) is 8.07 Å². The molecule has 4 nitrogen and oxygen atoms in total. The van der Waals surface area contributed by atoms with Crippen LogP contribution in [0.3, 0.4) is 0 Å². The van der Waals surface area contributed by atoms with E-state index in [2.05, 4.69) is 300 Å². The van der Waals surface area contributed by atoms with E-state index in [1.54, 1.807) is 0 Å². The number of benzene rings is 12. The van der Waals surface area contributed by atoms with Gasteiger partial charge in [-0.05, 0) is 146 Å². The van der Waals surface area contributed by atoms with Gasteiger partial charge in [0.2, 0.25) is 0 Å². The molecule has 0 amide bonds. The van der Waals surface area contributed by atoms with E-state index in [0.29, 0.717) is 0 Å². The summed E-state index contributed by atoms with van der Waals surface area (Å²) in [6.45, 7) is 0. The van der Waals surface area contributed by atoms with Crippen LogP contribution in [-0.4, -0.2) is 17.2 Å². The number of fused-ring (bicyclic) bond motifs is 9. The molecule has 5 heteroatoms. The molecule has 0 saturated heterocycles. The summed E-state index contributed by atoms with van der Waals surface area (Å²) in [5.74, 6) is 1.53. The second kappa shape index (κ2) is 20.0. The molecule has 0 atom stereocenters. The van der Waals surface area contributed by atoms with Gasteiger partial charge in [-0.1, -0.05) is 218 Å². The third-order valence-electron chi connectivity index (χ3n) is 17.2. The highest BCUT2D eigenvalue weighted by molar-refractivity contribution is 7.20. The summed E-state index contributed by atoms with van der Waals surface area (Å²) in [5.41, 5.74) is 15.7. The zero-order chi connectivity index (χ0) is 54.8. The number of hydrogen-bond acceptors (Lipinski definition) is 2. The first-order valence-electron chi connectivity index (χ1n) is 28.7. The van der Waals surface area contributed by atoms with Crippen molar-refractivity contribution in [3.05, 3.63) is 309 Å². The van der Waals surface area contributed by atoms with E-state index >= 15 is 0 Å². The number of ether oxygens (including phenoxy) is 1. The number of para-hydroxylation sites is 3. The van der Waals surface area contributed by atoms with Crippen LogP contribution >= 0.6 is 0 Å². The average Bonchev–Trinajstić information content (AvgIpc) is 3.61. The highest BCUT2D eigenvalue weighted by Gasteiger charge is 2.41. The van der Waals surface area contributed by atoms with Gasteiger partial charge >= 0.3 is 0 Å². The molecule has 12 aromatic carbocycles. The Balaban J connectivity index is 0.810. The lowest BCUT2D eigenvalue weighted by molar-refractivity contribution is 0.483. The molecule has 83 heavy (non-hydrogen) atoms. The molecular weight excluding hydrogens is 1020 g/mol. The van der Waals surface area contributed by atoms with E-state index < -0.39 is 8.07 Å². The summed E-state index contributed by atoms with van der Waals surface area (Å²) in [6.07, 6.45) is 9.02. The maximum atomic E-state index is 6.60. The van der Waals surface area contributed by atoms with Gasteiger partial charge in [0.05, 0.1) is 22.1 Å². The average molecular weight is 1080 g/mol. The lowest BCUT2D eigenvalue weighted by Gasteiger charge is -2.34. The van der Waals surface area contributed by atoms with Gasteiger partial charge in [-0.2, -0.15) is 0 Å². The summed E-state index contributed by atoms with van der Waals surface area (Å²) in [6, 6.07) is 104. The summed E-state index contributed by atoms with van der Waals surface area (Å²) in [7, 11) is -2.79. The van der Waals surface area contributed by atoms with Crippen molar-refractivity contribution in [2.24, 2.45) is 0 Å². The van der Waals surface area contributed by atoms with Crippen LogP contribution in [0.25, 0.3) is 105 Å². The van der Waals surface area contributed by atoms with E-state index in [1.165, 1.54) is 70.0 Å². The van der Waals surface area contributed by atoms with E-state index in [1.807, 2.05) is 12.1 Å². The standard InChI is InChI=1S/C78H54N2O2Si/c1-6-21-53(22-7-1)64-31-16-17-32-65(64)54-37-41-58(42-38-54)81-59-43-48-77-72(51-59)71-49-55(39-47-76(71)82-77)66-34-20-35-68-69-50-57(40-45-75(69)80(78(66)68)56-23-8-2-9-24-56)79-73-36-19-18-33-67(73)70-52-63(44-46-74(70)79)83(60-25-10-3-11-26-60,61-27-12-4-13-28-61)62-29-14-5-15-30-62/h2-6,8-52H,1,7H2. The minimum Gasteiger partial charge on any atom is -0.457 e. The fraction of sp³-hybridized carbons (Fsp3) is 0.0256. The smallest absolute Gasteiger partial charge is 0.179 e. The van der Waals surface area contributed by atoms with E-state index in [0.717, 1.165) is 85.4 Å². The van der Waals surface area contributed by atoms with Crippen molar-refractivity contribution >= 4 is 99.9 Å². The molecule has 1 aliphatic rings. The van der Waals surface area contributed by atoms with Crippen LogP contribution in [0, 0.1) is 0 Å². The second-order valence-electron chi connectivity index (χ2n) is 21.8. The molecule has 0 saturated carbocycles. The predicted octanol–water partition coefficient (Wildman–Crippen LogP) is 18.0. The molecule has 0 fully saturated rings. The molecule has 0 spiro atoms. The zero-order valence-electron chi connectivity index (χ0n) is 45.5. The van der Waals surface area contributed by atoms with E-state index in [4.69, 9.17) is 9.15 Å². The number of rotatable bonds is 11. The maximum absolute atomic E-state index is 6.60. The Morgan fingerprint density at radius 2 is 0.904 bits per heavy atom. The molecule has 0 radical (unpaired) electrons. The van der Waals surface area contributed by atoms with Gasteiger partial charge < -0.3 is 18.3 Å². The lowest BCUT2D eigenvalue weighted by Crippen LogP contribution is -2.74. The number of nitrogens with zero attached hydrogens (tertiary/aromatic N) is 2. The Hall–Kier alpha value is -10.5. The van der Waals surface area contributed by atoms with Crippen molar-refractivity contribution in [2.75, 3.05) is 0 Å². The first kappa shape index (κ1) is 48.4. The number of aromatic nitrogens is 2. The maximum Gasteiger partial charge on any atom is 0.179 e. The summed E-state index contributed by atoms with van der Waals surface area (Å²) in [4.78, 5) is 0. The van der Waals surface area contributed by atoms with Gasteiger partial charge in [-0.15, -0.1) is 0 Å². The van der Waals surface area contributed by atoms with Crippen molar-refractivity contribution in [3.63, 3.8) is 0 Å².